The Balaban J connectivity index is 0.00000225. The molecule has 2 fully saturated rings. The maximum absolute atomic E-state index is 5.17. The summed E-state index contributed by atoms with van der Waals surface area (Å²) in [6.45, 7) is 6.82. The van der Waals surface area contributed by atoms with Gasteiger partial charge in [-0.3, -0.25) is 0 Å². The van der Waals surface area contributed by atoms with Crippen molar-refractivity contribution in [2.75, 3.05) is 26.7 Å². The van der Waals surface area contributed by atoms with Crippen LogP contribution in [0, 0.1) is 5.41 Å². The molecule has 0 aromatic heterocycles. The van der Waals surface area contributed by atoms with E-state index < -0.39 is 0 Å². The number of rotatable bonds is 5. The van der Waals surface area contributed by atoms with Crippen molar-refractivity contribution < 1.29 is 4.74 Å². The van der Waals surface area contributed by atoms with Gasteiger partial charge in [0.05, 0.1) is 13.2 Å². The summed E-state index contributed by atoms with van der Waals surface area (Å²) in [5.74, 6) is 1.09. The van der Waals surface area contributed by atoms with Crippen LogP contribution in [-0.4, -0.2) is 37.6 Å². The van der Waals surface area contributed by atoms with Crippen molar-refractivity contribution in [3.63, 3.8) is 0 Å². The topological polar surface area (TPSA) is 36.9 Å². The first kappa shape index (κ1) is 20.5. The van der Waals surface area contributed by atoms with E-state index >= 15 is 0 Å². The van der Waals surface area contributed by atoms with Crippen LogP contribution in [0.3, 0.4) is 0 Å². The summed E-state index contributed by atoms with van der Waals surface area (Å²) in [4.78, 5) is 7.38. The number of benzene rings is 1. The van der Waals surface area contributed by atoms with Crippen molar-refractivity contribution in [2.45, 2.75) is 52.2 Å². The third-order valence-electron chi connectivity index (χ3n) is 5.48. The molecule has 1 N–H and O–H groups in total. The first-order valence-electron chi connectivity index (χ1n) is 9.35. The molecule has 0 atom stereocenters. The Morgan fingerprint density at radius 1 is 1.16 bits per heavy atom. The average molecular weight is 457 g/mol. The van der Waals surface area contributed by atoms with Gasteiger partial charge in [0.1, 0.15) is 0 Å². The molecule has 1 aliphatic heterocycles. The SMILES string of the molecule is CCNC(=NCc1ccc(COC)cc1)N1CCC2(CCCC2)C1.I. The number of halogens is 1. The predicted molar refractivity (Wildman–Crippen MR) is 114 cm³/mol. The summed E-state index contributed by atoms with van der Waals surface area (Å²) < 4.78 is 5.17. The number of likely N-dealkylation sites (tertiary alicyclic amines) is 1. The molecule has 1 aromatic rings. The number of guanidine groups is 1. The fourth-order valence-electron chi connectivity index (χ4n) is 4.15. The highest BCUT2D eigenvalue weighted by molar-refractivity contribution is 14.0. The van der Waals surface area contributed by atoms with Crippen LogP contribution in [0.25, 0.3) is 0 Å². The van der Waals surface area contributed by atoms with Gasteiger partial charge >= 0.3 is 0 Å². The van der Waals surface area contributed by atoms with E-state index in [9.17, 15) is 0 Å². The largest absolute Gasteiger partial charge is 0.380 e. The highest BCUT2D eigenvalue weighted by Gasteiger charge is 2.41. The highest BCUT2D eigenvalue weighted by atomic mass is 127. The van der Waals surface area contributed by atoms with Crippen molar-refractivity contribution in [1.29, 1.82) is 0 Å². The number of nitrogens with one attached hydrogen (secondary N) is 1. The standard InChI is InChI=1S/C20H31N3O.HI/c1-3-21-19(23-13-12-20(16-23)10-4-5-11-20)22-14-17-6-8-18(9-7-17)15-24-2;/h6-9H,3-5,10-16H2,1-2H3,(H,21,22);1H. The van der Waals surface area contributed by atoms with Gasteiger partial charge in [0.25, 0.3) is 0 Å². The van der Waals surface area contributed by atoms with Crippen LogP contribution in [0.4, 0.5) is 0 Å². The van der Waals surface area contributed by atoms with E-state index in [0.29, 0.717) is 12.0 Å². The lowest BCUT2D eigenvalue weighted by molar-refractivity contribution is 0.185. The van der Waals surface area contributed by atoms with Crippen LogP contribution in [0.1, 0.15) is 50.2 Å². The Morgan fingerprint density at radius 2 is 1.84 bits per heavy atom. The molecule has 1 saturated heterocycles. The van der Waals surface area contributed by atoms with Crippen LogP contribution < -0.4 is 5.32 Å². The maximum atomic E-state index is 5.17. The Morgan fingerprint density at radius 3 is 2.48 bits per heavy atom. The average Bonchev–Trinajstić information content (AvgIpc) is 3.23. The molecule has 1 aromatic carbocycles. The second-order valence-corrected chi connectivity index (χ2v) is 7.30. The van der Waals surface area contributed by atoms with Crippen molar-refractivity contribution >= 4 is 29.9 Å². The molecule has 3 rings (SSSR count). The third kappa shape index (κ3) is 5.33. The first-order chi connectivity index (χ1) is 11.7. The Kier molecular flexibility index (Phi) is 8.00. The fourth-order valence-corrected chi connectivity index (χ4v) is 4.15. The Hall–Kier alpha value is -0.820. The molecule has 1 spiro atoms. The zero-order chi connectivity index (χ0) is 16.8. The molecule has 0 bridgehead atoms. The Labute approximate surface area is 169 Å². The van der Waals surface area contributed by atoms with E-state index in [2.05, 4.69) is 41.4 Å². The lowest BCUT2D eigenvalue weighted by atomic mass is 9.86. The monoisotopic (exact) mass is 457 g/mol. The zero-order valence-corrected chi connectivity index (χ0v) is 17.9. The molecule has 140 valence electrons. The smallest absolute Gasteiger partial charge is 0.194 e. The molecule has 5 heteroatoms. The summed E-state index contributed by atoms with van der Waals surface area (Å²) in [5.41, 5.74) is 3.04. The van der Waals surface area contributed by atoms with Gasteiger partial charge in [-0.25, -0.2) is 4.99 Å². The molecule has 0 unspecified atom stereocenters. The molecule has 1 aliphatic carbocycles. The van der Waals surface area contributed by atoms with Crippen LogP contribution in [-0.2, 0) is 17.9 Å². The van der Waals surface area contributed by atoms with Gasteiger partial charge in [0.2, 0.25) is 0 Å². The third-order valence-corrected chi connectivity index (χ3v) is 5.48. The van der Waals surface area contributed by atoms with E-state index in [4.69, 9.17) is 9.73 Å². The number of ether oxygens (including phenoxy) is 1. The number of methoxy groups -OCH3 is 1. The van der Waals surface area contributed by atoms with Crippen LogP contribution in [0.5, 0.6) is 0 Å². The van der Waals surface area contributed by atoms with E-state index in [-0.39, 0.29) is 24.0 Å². The maximum Gasteiger partial charge on any atom is 0.194 e. The lowest BCUT2D eigenvalue weighted by Crippen LogP contribution is -2.41. The minimum atomic E-state index is 0. The van der Waals surface area contributed by atoms with Gasteiger partial charge in [-0.2, -0.15) is 0 Å². The van der Waals surface area contributed by atoms with Crippen LogP contribution in [0.15, 0.2) is 29.3 Å². The first-order valence-corrected chi connectivity index (χ1v) is 9.35. The van der Waals surface area contributed by atoms with Gasteiger partial charge in [0.15, 0.2) is 5.96 Å². The predicted octanol–water partition coefficient (Wildman–Crippen LogP) is 4.18. The Bertz CT molecular complexity index is 553. The second kappa shape index (κ2) is 9.76. The lowest BCUT2D eigenvalue weighted by Gasteiger charge is -2.26. The summed E-state index contributed by atoms with van der Waals surface area (Å²) in [6.07, 6.45) is 6.97. The summed E-state index contributed by atoms with van der Waals surface area (Å²) in [6, 6.07) is 8.57. The second-order valence-electron chi connectivity index (χ2n) is 7.30. The number of aliphatic imine (C=N–C) groups is 1. The quantitative estimate of drug-likeness (QED) is 0.410. The van der Waals surface area contributed by atoms with Crippen LogP contribution in [0.2, 0.25) is 0 Å². The van der Waals surface area contributed by atoms with Crippen LogP contribution >= 0.6 is 24.0 Å². The normalized spacial score (nSPS) is 19.3. The summed E-state index contributed by atoms with van der Waals surface area (Å²) in [5, 5.41) is 3.49. The number of hydrogen-bond donors (Lipinski definition) is 1. The minimum Gasteiger partial charge on any atom is -0.380 e. The molecule has 1 saturated carbocycles. The van der Waals surface area contributed by atoms with E-state index in [1.807, 2.05) is 0 Å². The molecule has 1 heterocycles. The highest BCUT2D eigenvalue weighted by Crippen LogP contribution is 2.45. The van der Waals surface area contributed by atoms with E-state index in [1.54, 1.807) is 7.11 Å². The molecular weight excluding hydrogens is 425 g/mol. The molecule has 0 radical (unpaired) electrons. The zero-order valence-electron chi connectivity index (χ0n) is 15.6. The van der Waals surface area contributed by atoms with Gasteiger partial charge in [-0.1, -0.05) is 37.1 Å². The van der Waals surface area contributed by atoms with Gasteiger partial charge in [-0.15, -0.1) is 24.0 Å². The van der Waals surface area contributed by atoms with Crippen molar-refractivity contribution in [2.24, 2.45) is 10.4 Å². The van der Waals surface area contributed by atoms with Gasteiger partial charge in [-0.05, 0) is 42.7 Å². The van der Waals surface area contributed by atoms with Gasteiger partial charge in [0, 0.05) is 26.7 Å². The van der Waals surface area contributed by atoms with E-state index in [0.717, 1.165) is 25.6 Å². The fraction of sp³-hybridized carbons (Fsp3) is 0.650. The van der Waals surface area contributed by atoms with Crippen molar-refractivity contribution in [1.82, 2.24) is 10.2 Å². The molecule has 4 nitrogen and oxygen atoms in total. The summed E-state index contributed by atoms with van der Waals surface area (Å²) in [7, 11) is 1.73. The molecular formula is C20H32IN3O. The number of nitrogens with zero attached hydrogens (tertiary/aromatic N) is 2. The minimum absolute atomic E-state index is 0. The molecule has 0 amide bonds. The van der Waals surface area contributed by atoms with Gasteiger partial charge < -0.3 is 15.0 Å². The van der Waals surface area contributed by atoms with Crippen molar-refractivity contribution in [3.8, 4) is 0 Å². The summed E-state index contributed by atoms with van der Waals surface area (Å²) >= 11 is 0. The molecule has 25 heavy (non-hydrogen) atoms. The van der Waals surface area contributed by atoms with Crippen molar-refractivity contribution in [3.05, 3.63) is 35.4 Å². The molecule has 2 aliphatic rings. The van der Waals surface area contributed by atoms with E-state index in [1.165, 1.54) is 49.8 Å². The number of hydrogen-bond acceptors (Lipinski definition) is 2.